The van der Waals surface area contributed by atoms with Gasteiger partial charge in [0.25, 0.3) is 0 Å². The number of nitrogens with one attached hydrogen (secondary N) is 1. The maximum absolute atomic E-state index is 12.3. The summed E-state index contributed by atoms with van der Waals surface area (Å²) >= 11 is 0. The van der Waals surface area contributed by atoms with Crippen LogP contribution in [0.5, 0.6) is 0 Å². The number of hydrogen-bond acceptors (Lipinski definition) is 5. The van der Waals surface area contributed by atoms with E-state index in [4.69, 9.17) is 4.52 Å². The molecule has 0 radical (unpaired) electrons. The van der Waals surface area contributed by atoms with Crippen LogP contribution in [0.15, 0.2) is 45.8 Å². The zero-order chi connectivity index (χ0) is 17.1. The third kappa shape index (κ3) is 3.19. The first kappa shape index (κ1) is 15.9. The number of benzene rings is 1. The van der Waals surface area contributed by atoms with Crippen LogP contribution in [0, 0.1) is 0 Å². The van der Waals surface area contributed by atoms with Gasteiger partial charge in [0.2, 0.25) is 11.8 Å². The van der Waals surface area contributed by atoms with Gasteiger partial charge in [0.05, 0.1) is 5.52 Å². The molecule has 0 saturated carbocycles. The molecule has 1 amide bonds. The summed E-state index contributed by atoms with van der Waals surface area (Å²) in [6.07, 6.45) is 2.30. The molecule has 0 saturated heterocycles. The first-order valence-electron chi connectivity index (χ1n) is 7.78. The van der Waals surface area contributed by atoms with Crippen molar-refractivity contribution >= 4 is 16.8 Å². The molecule has 3 rings (SSSR count). The Kier molecular flexibility index (Phi) is 4.41. The van der Waals surface area contributed by atoms with Gasteiger partial charge < -0.3 is 14.4 Å². The van der Waals surface area contributed by atoms with E-state index in [1.807, 2.05) is 19.1 Å². The van der Waals surface area contributed by atoms with Gasteiger partial charge in [-0.1, -0.05) is 24.2 Å². The first-order valence-corrected chi connectivity index (χ1v) is 7.78. The van der Waals surface area contributed by atoms with Crippen LogP contribution < -0.4 is 10.7 Å². The molecule has 0 unspecified atom stereocenters. The van der Waals surface area contributed by atoms with E-state index in [1.165, 1.54) is 6.07 Å². The Hall–Kier alpha value is -2.96. The second-order valence-corrected chi connectivity index (χ2v) is 5.52. The predicted octanol–water partition coefficient (Wildman–Crippen LogP) is 1.82. The Bertz CT molecular complexity index is 929. The largest absolute Gasteiger partial charge is 0.343 e. The standard InChI is InChI=1S/C17H18N4O3/c1-3-15-19-17(24-20-15)11(2)18-16(23)10-21-9-8-14(22)12-6-4-5-7-13(12)21/h4-9,11H,3,10H2,1-2H3,(H,18,23)/t11-/m1/s1. The predicted molar refractivity (Wildman–Crippen MR) is 88.4 cm³/mol. The average molecular weight is 326 g/mol. The number of para-hydroxylation sites is 1. The number of aromatic nitrogens is 3. The Morgan fingerprint density at radius 3 is 2.88 bits per heavy atom. The van der Waals surface area contributed by atoms with E-state index in [0.717, 1.165) is 5.52 Å². The summed E-state index contributed by atoms with van der Waals surface area (Å²) in [4.78, 5) is 28.4. The van der Waals surface area contributed by atoms with Crippen molar-refractivity contribution in [2.24, 2.45) is 0 Å². The van der Waals surface area contributed by atoms with Gasteiger partial charge in [0.15, 0.2) is 11.3 Å². The van der Waals surface area contributed by atoms with Crippen LogP contribution in [-0.4, -0.2) is 20.6 Å². The van der Waals surface area contributed by atoms with Gasteiger partial charge in [-0.05, 0) is 19.1 Å². The fourth-order valence-corrected chi connectivity index (χ4v) is 2.49. The van der Waals surface area contributed by atoms with Gasteiger partial charge in [-0.3, -0.25) is 9.59 Å². The van der Waals surface area contributed by atoms with Gasteiger partial charge in [0, 0.05) is 24.1 Å². The number of carbonyl (C=O) groups is 1. The van der Waals surface area contributed by atoms with Crippen molar-refractivity contribution in [3.63, 3.8) is 0 Å². The van der Waals surface area contributed by atoms with E-state index in [1.54, 1.807) is 29.8 Å². The number of aryl methyl sites for hydroxylation is 1. The van der Waals surface area contributed by atoms with Crippen LogP contribution in [0.2, 0.25) is 0 Å². The highest BCUT2D eigenvalue weighted by atomic mass is 16.5. The fourth-order valence-electron chi connectivity index (χ4n) is 2.49. The minimum Gasteiger partial charge on any atom is -0.343 e. The second-order valence-electron chi connectivity index (χ2n) is 5.52. The van der Waals surface area contributed by atoms with E-state index in [9.17, 15) is 9.59 Å². The van der Waals surface area contributed by atoms with E-state index in [0.29, 0.717) is 23.5 Å². The van der Waals surface area contributed by atoms with Crippen molar-refractivity contribution in [2.45, 2.75) is 32.9 Å². The van der Waals surface area contributed by atoms with Crippen LogP contribution in [0.1, 0.15) is 31.6 Å². The van der Waals surface area contributed by atoms with Crippen molar-refractivity contribution < 1.29 is 9.32 Å². The Morgan fingerprint density at radius 2 is 2.12 bits per heavy atom. The van der Waals surface area contributed by atoms with Crippen LogP contribution in [0.4, 0.5) is 0 Å². The molecule has 24 heavy (non-hydrogen) atoms. The van der Waals surface area contributed by atoms with Gasteiger partial charge >= 0.3 is 0 Å². The molecule has 1 aromatic carbocycles. The normalized spacial score (nSPS) is 12.2. The van der Waals surface area contributed by atoms with Crippen LogP contribution in [0.3, 0.4) is 0 Å². The van der Waals surface area contributed by atoms with Crippen molar-refractivity contribution in [3.8, 4) is 0 Å². The molecule has 2 heterocycles. The number of rotatable bonds is 5. The summed E-state index contributed by atoms with van der Waals surface area (Å²) in [6.45, 7) is 3.81. The minimum absolute atomic E-state index is 0.0615. The molecule has 1 atom stereocenters. The summed E-state index contributed by atoms with van der Waals surface area (Å²) in [6, 6.07) is 8.29. The molecule has 2 aromatic heterocycles. The lowest BCUT2D eigenvalue weighted by Gasteiger charge is -2.13. The molecule has 3 aromatic rings. The van der Waals surface area contributed by atoms with Crippen LogP contribution in [0.25, 0.3) is 10.9 Å². The minimum atomic E-state index is -0.379. The Morgan fingerprint density at radius 1 is 1.33 bits per heavy atom. The molecule has 0 aliphatic heterocycles. The van der Waals surface area contributed by atoms with Crippen molar-refractivity contribution in [3.05, 3.63) is 58.5 Å². The molecular formula is C17H18N4O3. The SMILES string of the molecule is CCc1noc([C@@H](C)NC(=O)Cn2ccc(=O)c3ccccc32)n1. The van der Waals surface area contributed by atoms with E-state index in [-0.39, 0.29) is 23.9 Å². The number of nitrogens with zero attached hydrogens (tertiary/aromatic N) is 3. The quantitative estimate of drug-likeness (QED) is 0.772. The molecule has 0 bridgehead atoms. The lowest BCUT2D eigenvalue weighted by molar-refractivity contribution is -0.122. The summed E-state index contributed by atoms with van der Waals surface area (Å²) in [5, 5.41) is 7.24. The van der Waals surface area contributed by atoms with Gasteiger partial charge in [-0.2, -0.15) is 4.98 Å². The fraction of sp³-hybridized carbons (Fsp3) is 0.294. The summed E-state index contributed by atoms with van der Waals surface area (Å²) in [5.41, 5.74) is 0.660. The van der Waals surface area contributed by atoms with E-state index >= 15 is 0 Å². The molecule has 0 aliphatic rings. The number of pyridine rings is 1. The van der Waals surface area contributed by atoms with Crippen LogP contribution in [-0.2, 0) is 17.8 Å². The lowest BCUT2D eigenvalue weighted by atomic mass is 10.2. The molecular weight excluding hydrogens is 308 g/mol. The Balaban J connectivity index is 1.75. The molecule has 0 fully saturated rings. The summed E-state index contributed by atoms with van der Waals surface area (Å²) in [7, 11) is 0. The topological polar surface area (TPSA) is 90.0 Å². The first-order chi connectivity index (χ1) is 11.6. The highest BCUT2D eigenvalue weighted by Crippen LogP contribution is 2.11. The van der Waals surface area contributed by atoms with Gasteiger partial charge in [-0.15, -0.1) is 0 Å². The van der Waals surface area contributed by atoms with Crippen molar-refractivity contribution in [1.29, 1.82) is 0 Å². The maximum atomic E-state index is 12.3. The number of carbonyl (C=O) groups excluding carboxylic acids is 1. The molecule has 0 aliphatic carbocycles. The molecule has 7 nitrogen and oxygen atoms in total. The van der Waals surface area contributed by atoms with Gasteiger partial charge in [0.1, 0.15) is 12.6 Å². The number of amides is 1. The zero-order valence-electron chi connectivity index (χ0n) is 13.5. The summed E-state index contributed by atoms with van der Waals surface area (Å²) < 4.78 is 6.87. The highest BCUT2D eigenvalue weighted by molar-refractivity contribution is 5.82. The number of hydrogen-bond donors (Lipinski definition) is 1. The molecule has 0 spiro atoms. The van der Waals surface area contributed by atoms with Crippen molar-refractivity contribution in [2.75, 3.05) is 0 Å². The summed E-state index contributed by atoms with van der Waals surface area (Å²) in [5.74, 6) is 0.787. The maximum Gasteiger partial charge on any atom is 0.248 e. The smallest absolute Gasteiger partial charge is 0.248 e. The lowest BCUT2D eigenvalue weighted by Crippen LogP contribution is -2.30. The van der Waals surface area contributed by atoms with E-state index < -0.39 is 0 Å². The third-order valence-corrected chi connectivity index (χ3v) is 3.75. The zero-order valence-corrected chi connectivity index (χ0v) is 13.5. The van der Waals surface area contributed by atoms with Crippen molar-refractivity contribution in [1.82, 2.24) is 20.0 Å². The average Bonchev–Trinajstić information content (AvgIpc) is 3.07. The monoisotopic (exact) mass is 326 g/mol. The number of fused-ring (bicyclic) bond motifs is 1. The molecule has 124 valence electrons. The third-order valence-electron chi connectivity index (χ3n) is 3.75. The highest BCUT2D eigenvalue weighted by Gasteiger charge is 2.16. The van der Waals surface area contributed by atoms with Crippen LogP contribution >= 0.6 is 0 Å². The molecule has 1 N–H and O–H groups in total. The van der Waals surface area contributed by atoms with E-state index in [2.05, 4.69) is 15.5 Å². The second kappa shape index (κ2) is 6.66. The van der Waals surface area contributed by atoms with Gasteiger partial charge in [-0.25, -0.2) is 0 Å². The molecule has 7 heteroatoms. The Labute approximate surface area is 138 Å².